The fraction of sp³-hybridized carbons (Fsp3) is 0.231. The van der Waals surface area contributed by atoms with Gasteiger partial charge in [-0.2, -0.15) is 0 Å². The molecule has 2 N–H and O–H groups in total. The number of carbonyl (C=O) groups excluding carboxylic acids is 2. The Balaban J connectivity index is 1.11. The van der Waals surface area contributed by atoms with E-state index in [1.165, 1.54) is 22.3 Å². The second-order valence-electron chi connectivity index (χ2n) is 8.07. The molecule has 3 aromatic carbocycles. The quantitative estimate of drug-likeness (QED) is 0.441. The lowest BCUT2D eigenvalue weighted by atomic mass is 10.0. The molecule has 156 valence electrons. The number of benzene rings is 3. The van der Waals surface area contributed by atoms with Gasteiger partial charge in [-0.3, -0.25) is 9.59 Å². The maximum atomic E-state index is 12.4. The van der Waals surface area contributed by atoms with Gasteiger partial charge in [0.2, 0.25) is 11.8 Å². The zero-order chi connectivity index (χ0) is 21.2. The molecule has 0 atom stereocenters. The summed E-state index contributed by atoms with van der Waals surface area (Å²) >= 11 is 0. The maximum Gasteiger partial charge on any atom is 0.224 e. The molecule has 5 heteroatoms. The van der Waals surface area contributed by atoms with Crippen LogP contribution in [0.25, 0.3) is 11.1 Å². The molecule has 0 spiro atoms. The van der Waals surface area contributed by atoms with Gasteiger partial charge in [0.25, 0.3) is 0 Å². The van der Waals surface area contributed by atoms with Crippen LogP contribution in [-0.2, 0) is 22.4 Å². The predicted molar refractivity (Wildman–Crippen MR) is 121 cm³/mol. The molecular weight excluding hydrogens is 388 g/mol. The van der Waals surface area contributed by atoms with Crippen LogP contribution in [0.15, 0.2) is 60.7 Å². The van der Waals surface area contributed by atoms with Crippen molar-refractivity contribution < 1.29 is 14.3 Å². The molecule has 3 aromatic rings. The minimum absolute atomic E-state index is 0.00721. The fourth-order valence-electron chi connectivity index (χ4n) is 4.32. The largest absolute Gasteiger partial charge is 0.494 e. The first-order chi connectivity index (χ1) is 15.2. The van der Waals surface area contributed by atoms with Crippen LogP contribution < -0.4 is 15.4 Å². The summed E-state index contributed by atoms with van der Waals surface area (Å²) in [5, 5.41) is 5.87. The Kier molecular flexibility index (Phi) is 5.16. The van der Waals surface area contributed by atoms with Gasteiger partial charge in [0.15, 0.2) is 0 Å². The maximum absolute atomic E-state index is 12.4. The lowest BCUT2D eigenvalue weighted by Gasteiger charge is -2.17. The molecule has 5 rings (SSSR count). The Morgan fingerprint density at radius 2 is 1.81 bits per heavy atom. The first kappa shape index (κ1) is 19.4. The summed E-state index contributed by atoms with van der Waals surface area (Å²) in [6.45, 7) is 0.470. The molecule has 5 nitrogen and oxygen atoms in total. The van der Waals surface area contributed by atoms with Gasteiger partial charge in [-0.1, -0.05) is 30.3 Å². The van der Waals surface area contributed by atoms with E-state index in [1.54, 1.807) is 0 Å². The van der Waals surface area contributed by atoms with Gasteiger partial charge in [0.05, 0.1) is 6.61 Å². The van der Waals surface area contributed by atoms with E-state index in [0.29, 0.717) is 25.9 Å². The summed E-state index contributed by atoms with van der Waals surface area (Å²) in [7, 11) is 0. The number of amides is 2. The molecule has 2 aliphatic rings. The second kappa shape index (κ2) is 8.26. The highest BCUT2D eigenvalue weighted by molar-refractivity contribution is 5.94. The summed E-state index contributed by atoms with van der Waals surface area (Å²) in [5.74, 6) is 0.820. The average molecular weight is 412 g/mol. The van der Waals surface area contributed by atoms with Crippen LogP contribution >= 0.6 is 0 Å². The van der Waals surface area contributed by atoms with Gasteiger partial charge >= 0.3 is 0 Å². The number of rotatable bonds is 6. The molecule has 0 saturated carbocycles. The summed E-state index contributed by atoms with van der Waals surface area (Å²) in [6.07, 6.45) is 3.18. The number of anilines is 2. The first-order valence-corrected chi connectivity index (χ1v) is 10.7. The molecule has 31 heavy (non-hydrogen) atoms. The number of fused-ring (bicyclic) bond motifs is 4. The molecule has 0 unspecified atom stereocenters. The van der Waals surface area contributed by atoms with Crippen LogP contribution in [0.5, 0.6) is 5.75 Å². The number of carbonyl (C=O) groups is 2. The predicted octanol–water partition coefficient (Wildman–Crippen LogP) is 4.94. The molecule has 0 aromatic heterocycles. The topological polar surface area (TPSA) is 67.4 Å². The molecule has 0 saturated heterocycles. The fourth-order valence-corrected chi connectivity index (χ4v) is 4.32. The van der Waals surface area contributed by atoms with Crippen molar-refractivity contribution in [1.29, 1.82) is 0 Å². The van der Waals surface area contributed by atoms with Crippen LogP contribution in [-0.4, -0.2) is 18.4 Å². The molecule has 0 bridgehead atoms. The van der Waals surface area contributed by atoms with Crippen molar-refractivity contribution in [1.82, 2.24) is 0 Å². The highest BCUT2D eigenvalue weighted by Crippen LogP contribution is 2.37. The van der Waals surface area contributed by atoms with Crippen molar-refractivity contribution in [2.75, 3.05) is 17.2 Å². The zero-order valence-corrected chi connectivity index (χ0v) is 17.2. The second-order valence-corrected chi connectivity index (χ2v) is 8.07. The molecule has 1 aliphatic carbocycles. The Morgan fingerprint density at radius 3 is 2.74 bits per heavy atom. The zero-order valence-electron chi connectivity index (χ0n) is 17.2. The summed E-state index contributed by atoms with van der Waals surface area (Å²) in [4.78, 5) is 23.8. The van der Waals surface area contributed by atoms with E-state index >= 15 is 0 Å². The normalized spacial score (nSPS) is 13.6. The molecule has 2 amide bonds. The summed E-state index contributed by atoms with van der Waals surface area (Å²) in [5.41, 5.74) is 7.93. The van der Waals surface area contributed by atoms with Crippen molar-refractivity contribution in [3.05, 3.63) is 77.4 Å². The lowest BCUT2D eigenvalue weighted by Crippen LogP contribution is -2.18. The summed E-state index contributed by atoms with van der Waals surface area (Å²) in [6, 6.07) is 20.3. The lowest BCUT2D eigenvalue weighted by molar-refractivity contribution is -0.117. The third-order valence-electron chi connectivity index (χ3n) is 5.87. The third kappa shape index (κ3) is 4.17. The van der Waals surface area contributed by atoms with Crippen molar-refractivity contribution in [3.8, 4) is 16.9 Å². The Hall–Kier alpha value is -3.60. The summed E-state index contributed by atoms with van der Waals surface area (Å²) < 4.78 is 5.80. The smallest absolute Gasteiger partial charge is 0.224 e. The van der Waals surface area contributed by atoms with E-state index in [0.717, 1.165) is 35.5 Å². The van der Waals surface area contributed by atoms with Crippen LogP contribution in [0.2, 0.25) is 0 Å². The first-order valence-electron chi connectivity index (χ1n) is 10.7. The number of aryl methyl sites for hydroxylation is 1. The Labute approximate surface area is 181 Å². The van der Waals surface area contributed by atoms with E-state index in [4.69, 9.17) is 4.74 Å². The number of hydrogen-bond donors (Lipinski definition) is 2. The Morgan fingerprint density at radius 1 is 0.935 bits per heavy atom. The van der Waals surface area contributed by atoms with E-state index in [1.807, 2.05) is 24.3 Å². The van der Waals surface area contributed by atoms with Crippen molar-refractivity contribution >= 4 is 23.2 Å². The highest BCUT2D eigenvalue weighted by atomic mass is 16.5. The van der Waals surface area contributed by atoms with Gasteiger partial charge in [0.1, 0.15) is 5.75 Å². The van der Waals surface area contributed by atoms with E-state index < -0.39 is 0 Å². The molecular formula is C26H24N2O3. The average Bonchev–Trinajstić information content (AvgIpc) is 3.14. The van der Waals surface area contributed by atoms with Crippen molar-refractivity contribution in [2.45, 2.75) is 32.1 Å². The molecule has 1 heterocycles. The van der Waals surface area contributed by atoms with E-state index in [9.17, 15) is 9.59 Å². The minimum Gasteiger partial charge on any atom is -0.494 e. The molecule has 0 fully saturated rings. The monoisotopic (exact) mass is 412 g/mol. The van der Waals surface area contributed by atoms with Gasteiger partial charge in [0, 0.05) is 24.2 Å². The van der Waals surface area contributed by atoms with Crippen LogP contribution in [0.4, 0.5) is 11.4 Å². The van der Waals surface area contributed by atoms with Gasteiger partial charge in [-0.25, -0.2) is 0 Å². The van der Waals surface area contributed by atoms with Crippen molar-refractivity contribution in [2.24, 2.45) is 0 Å². The van der Waals surface area contributed by atoms with Gasteiger partial charge < -0.3 is 15.4 Å². The van der Waals surface area contributed by atoms with Crippen LogP contribution in [0.1, 0.15) is 36.0 Å². The molecule has 1 aliphatic heterocycles. The molecule has 0 radical (unpaired) electrons. The number of nitrogens with one attached hydrogen (secondary N) is 2. The van der Waals surface area contributed by atoms with Gasteiger partial charge in [-0.15, -0.1) is 0 Å². The third-order valence-corrected chi connectivity index (χ3v) is 5.87. The van der Waals surface area contributed by atoms with Gasteiger partial charge in [-0.05, 0) is 77.4 Å². The SMILES string of the molecule is O=C(CCCOc1ccc2c(c1)CCC(=O)N2)Nc1ccc2c(c1)Cc1ccccc1-2. The standard InChI is InChI=1S/C26H24N2O3/c29-25(6-3-13-31-21-9-11-24-18(16-21)7-12-26(30)28-24)27-20-8-10-23-19(15-20)14-17-4-1-2-5-22(17)23/h1-2,4-5,8-11,15-16H,3,6-7,12-14H2,(H,27,29)(H,28,30). The highest BCUT2D eigenvalue weighted by Gasteiger charge is 2.18. The van der Waals surface area contributed by atoms with E-state index in [-0.39, 0.29) is 11.8 Å². The minimum atomic E-state index is -0.00721. The number of hydrogen-bond acceptors (Lipinski definition) is 3. The number of ether oxygens (including phenoxy) is 1. The van der Waals surface area contributed by atoms with Crippen LogP contribution in [0.3, 0.4) is 0 Å². The van der Waals surface area contributed by atoms with Crippen LogP contribution in [0, 0.1) is 0 Å². The van der Waals surface area contributed by atoms with E-state index in [2.05, 4.69) is 47.0 Å². The Bertz CT molecular complexity index is 1170. The van der Waals surface area contributed by atoms with Crippen molar-refractivity contribution in [3.63, 3.8) is 0 Å².